The van der Waals surface area contributed by atoms with Crippen LogP contribution in [0.2, 0.25) is 0 Å². The van der Waals surface area contributed by atoms with Gasteiger partial charge < -0.3 is 4.42 Å². The Hall–Kier alpha value is -2.68. The quantitative estimate of drug-likeness (QED) is 0.486. The number of Topliss-reactive ketones (excluding diaryl/α,β-unsaturated/α-hetero) is 1. The van der Waals surface area contributed by atoms with Gasteiger partial charge in [-0.25, -0.2) is 4.98 Å². The van der Waals surface area contributed by atoms with E-state index < -0.39 is 0 Å². The van der Waals surface area contributed by atoms with Crippen LogP contribution in [-0.4, -0.2) is 10.8 Å². The highest BCUT2D eigenvalue weighted by Crippen LogP contribution is 2.65. The van der Waals surface area contributed by atoms with Crippen LogP contribution in [0.4, 0.5) is 0 Å². The van der Waals surface area contributed by atoms with Crippen molar-refractivity contribution in [1.29, 1.82) is 0 Å². The maximum Gasteiger partial charge on any atom is 0.227 e. The Morgan fingerprint density at radius 3 is 2.55 bits per heavy atom. The predicted octanol–water partition coefficient (Wildman–Crippen LogP) is 6.47. The summed E-state index contributed by atoms with van der Waals surface area (Å²) in [4.78, 5) is 17.7. The zero-order valence-corrected chi connectivity index (χ0v) is 17.6. The van der Waals surface area contributed by atoms with Gasteiger partial charge in [-0.2, -0.15) is 0 Å². The van der Waals surface area contributed by atoms with Gasteiger partial charge in [0.05, 0.1) is 0 Å². The summed E-state index contributed by atoms with van der Waals surface area (Å²) in [5.74, 6) is 1.34. The van der Waals surface area contributed by atoms with Crippen molar-refractivity contribution < 1.29 is 9.21 Å². The molecule has 1 aromatic heterocycles. The first kappa shape index (κ1) is 18.4. The highest BCUT2D eigenvalue weighted by Gasteiger charge is 2.63. The zero-order valence-electron chi connectivity index (χ0n) is 17.6. The molecule has 2 aliphatic carbocycles. The lowest BCUT2D eigenvalue weighted by molar-refractivity contribution is -0.125. The van der Waals surface area contributed by atoms with E-state index in [0.717, 1.165) is 47.1 Å². The number of allylic oxidation sites excluding steroid dienone is 1. The second-order valence-electron chi connectivity index (χ2n) is 9.37. The highest BCUT2D eigenvalue weighted by molar-refractivity contribution is 6.08. The fraction of sp³-hybridized carbons (Fsp3) is 0.385. The number of aryl methyl sites for hydroxylation is 1. The van der Waals surface area contributed by atoms with Gasteiger partial charge in [0.15, 0.2) is 11.4 Å². The third-order valence-electron chi connectivity index (χ3n) is 7.71. The first-order valence-corrected chi connectivity index (χ1v) is 10.6. The molecule has 1 heterocycles. The summed E-state index contributed by atoms with van der Waals surface area (Å²) < 4.78 is 5.94. The molecule has 2 aliphatic rings. The van der Waals surface area contributed by atoms with Crippen LogP contribution in [-0.2, 0) is 11.2 Å². The van der Waals surface area contributed by atoms with Crippen LogP contribution in [0.25, 0.3) is 28.6 Å². The minimum Gasteiger partial charge on any atom is -0.436 e. The molecule has 2 aromatic carbocycles. The Kier molecular flexibility index (Phi) is 3.90. The molecule has 0 saturated heterocycles. The molecule has 0 aliphatic heterocycles. The van der Waals surface area contributed by atoms with Crippen molar-refractivity contribution in [1.82, 2.24) is 4.98 Å². The molecule has 29 heavy (non-hydrogen) atoms. The van der Waals surface area contributed by atoms with Crippen molar-refractivity contribution in [3.05, 3.63) is 59.2 Å². The number of carbonyl (C=O) groups excluding carboxylic acids is 1. The molecule has 5 rings (SSSR count). The first-order valence-electron chi connectivity index (χ1n) is 10.6. The molecule has 0 radical (unpaired) electrons. The van der Waals surface area contributed by atoms with Crippen LogP contribution >= 0.6 is 0 Å². The number of hydrogen-bond donors (Lipinski definition) is 0. The molecule has 3 heteroatoms. The van der Waals surface area contributed by atoms with Crippen molar-refractivity contribution in [3.8, 4) is 11.5 Å². The standard InChI is InChI=1S/C26H27NO2/c1-5-16-8-11-22-21(15-16)27-24(29-22)18-9-6-17(7-10-18)14-19-20-12-13-26(4,23(19)28)25(20,2)3/h6-11,14-15,20H,5,12-13H2,1-4H3/b19-14-. The van der Waals surface area contributed by atoms with Crippen molar-refractivity contribution >= 4 is 23.0 Å². The zero-order chi connectivity index (χ0) is 20.4. The van der Waals surface area contributed by atoms with E-state index in [0.29, 0.717) is 17.6 Å². The molecule has 2 atom stereocenters. The summed E-state index contributed by atoms with van der Waals surface area (Å²) in [5.41, 5.74) is 5.82. The van der Waals surface area contributed by atoms with Gasteiger partial charge in [0.2, 0.25) is 5.89 Å². The summed E-state index contributed by atoms with van der Waals surface area (Å²) in [6.07, 6.45) is 5.21. The van der Waals surface area contributed by atoms with E-state index in [1.807, 2.05) is 18.2 Å². The molecule has 2 bridgehead atoms. The van der Waals surface area contributed by atoms with Gasteiger partial charge in [0.1, 0.15) is 5.52 Å². The molecule has 2 saturated carbocycles. The molecule has 0 N–H and O–H groups in total. The first-order chi connectivity index (χ1) is 13.8. The van der Waals surface area contributed by atoms with E-state index >= 15 is 0 Å². The van der Waals surface area contributed by atoms with Gasteiger partial charge in [0, 0.05) is 11.0 Å². The van der Waals surface area contributed by atoms with Gasteiger partial charge in [-0.1, -0.05) is 45.9 Å². The smallest absolute Gasteiger partial charge is 0.227 e. The summed E-state index contributed by atoms with van der Waals surface area (Å²) in [5, 5.41) is 0. The molecule has 3 aromatic rings. The molecule has 3 nitrogen and oxygen atoms in total. The SMILES string of the molecule is CCc1ccc2oc(-c3ccc(/C=C4\C(=O)C5(C)CCC4C5(C)C)cc3)nc2c1. The van der Waals surface area contributed by atoms with Gasteiger partial charge >= 0.3 is 0 Å². The summed E-state index contributed by atoms with van der Waals surface area (Å²) in [6.45, 7) is 8.79. The molecule has 0 amide bonds. The molecule has 0 spiro atoms. The molecule has 2 unspecified atom stereocenters. The average Bonchev–Trinajstić information content (AvgIpc) is 3.28. The van der Waals surface area contributed by atoms with Gasteiger partial charge in [0.25, 0.3) is 0 Å². The Morgan fingerprint density at radius 1 is 1.14 bits per heavy atom. The van der Waals surface area contributed by atoms with Crippen molar-refractivity contribution in [2.75, 3.05) is 0 Å². The number of hydrogen-bond acceptors (Lipinski definition) is 3. The lowest BCUT2D eigenvalue weighted by Gasteiger charge is -2.31. The minimum absolute atomic E-state index is 0.0470. The Balaban J connectivity index is 1.46. The fourth-order valence-electron chi connectivity index (χ4n) is 5.31. The van der Waals surface area contributed by atoms with E-state index in [2.05, 4.69) is 63.0 Å². The van der Waals surface area contributed by atoms with E-state index in [-0.39, 0.29) is 10.8 Å². The van der Waals surface area contributed by atoms with Crippen LogP contribution in [0, 0.1) is 16.7 Å². The Morgan fingerprint density at radius 2 is 1.90 bits per heavy atom. The lowest BCUT2D eigenvalue weighted by Crippen LogP contribution is -2.32. The summed E-state index contributed by atoms with van der Waals surface area (Å²) >= 11 is 0. The topological polar surface area (TPSA) is 43.1 Å². The fourth-order valence-corrected chi connectivity index (χ4v) is 5.31. The number of rotatable bonds is 3. The predicted molar refractivity (Wildman–Crippen MR) is 116 cm³/mol. The van der Waals surface area contributed by atoms with Gasteiger partial charge in [-0.15, -0.1) is 0 Å². The van der Waals surface area contributed by atoms with Crippen LogP contribution in [0.3, 0.4) is 0 Å². The van der Waals surface area contributed by atoms with Crippen molar-refractivity contribution in [3.63, 3.8) is 0 Å². The monoisotopic (exact) mass is 385 g/mol. The van der Waals surface area contributed by atoms with Crippen molar-refractivity contribution in [2.45, 2.75) is 47.0 Å². The number of benzene rings is 2. The maximum absolute atomic E-state index is 13.1. The van der Waals surface area contributed by atoms with E-state index in [1.54, 1.807) is 0 Å². The third-order valence-corrected chi connectivity index (χ3v) is 7.71. The van der Waals surface area contributed by atoms with Crippen LogP contribution in [0.1, 0.15) is 51.7 Å². The lowest BCUT2D eigenvalue weighted by atomic mass is 9.70. The second kappa shape index (κ2) is 6.16. The van der Waals surface area contributed by atoms with Crippen molar-refractivity contribution in [2.24, 2.45) is 16.7 Å². The Labute approximate surface area is 171 Å². The molecule has 2 fully saturated rings. The third kappa shape index (κ3) is 2.56. The van der Waals surface area contributed by atoms with Gasteiger partial charge in [-0.3, -0.25) is 4.79 Å². The number of oxazole rings is 1. The summed E-state index contributed by atoms with van der Waals surface area (Å²) in [7, 11) is 0. The number of ketones is 1. The van der Waals surface area contributed by atoms with Crippen LogP contribution < -0.4 is 0 Å². The molecule has 148 valence electrons. The van der Waals surface area contributed by atoms with E-state index in [1.165, 1.54) is 5.56 Å². The van der Waals surface area contributed by atoms with Gasteiger partial charge in [-0.05, 0) is 77.6 Å². The van der Waals surface area contributed by atoms with E-state index in [4.69, 9.17) is 4.42 Å². The highest BCUT2D eigenvalue weighted by atomic mass is 16.3. The number of nitrogens with zero attached hydrogens (tertiary/aromatic N) is 1. The minimum atomic E-state index is -0.209. The molecular formula is C26H27NO2. The number of carbonyl (C=O) groups is 1. The molecular weight excluding hydrogens is 358 g/mol. The van der Waals surface area contributed by atoms with Crippen LogP contribution in [0.15, 0.2) is 52.5 Å². The Bertz CT molecular complexity index is 1150. The van der Waals surface area contributed by atoms with Crippen LogP contribution in [0.5, 0.6) is 0 Å². The second-order valence-corrected chi connectivity index (χ2v) is 9.37. The number of aromatic nitrogens is 1. The van der Waals surface area contributed by atoms with E-state index in [9.17, 15) is 4.79 Å². The number of fused-ring (bicyclic) bond motifs is 3. The normalized spacial score (nSPS) is 26.7. The average molecular weight is 386 g/mol. The summed E-state index contributed by atoms with van der Waals surface area (Å²) in [6, 6.07) is 14.3. The largest absolute Gasteiger partial charge is 0.436 e. The maximum atomic E-state index is 13.1.